The molecule has 0 unspecified atom stereocenters. The molecule has 1 aliphatic carbocycles. The third kappa shape index (κ3) is 3.27. The van der Waals surface area contributed by atoms with Crippen LogP contribution in [-0.4, -0.2) is 13.1 Å². The van der Waals surface area contributed by atoms with E-state index in [4.69, 9.17) is 0 Å². The van der Waals surface area contributed by atoms with E-state index < -0.39 is 8.32 Å². The molecule has 0 aliphatic heterocycles. The quantitative estimate of drug-likeness (QED) is 0.773. The van der Waals surface area contributed by atoms with Crippen LogP contribution in [0.25, 0.3) is 0 Å². The van der Waals surface area contributed by atoms with Crippen molar-refractivity contribution < 1.29 is 4.80 Å². The Morgan fingerprint density at radius 2 is 1.46 bits per heavy atom. The van der Waals surface area contributed by atoms with Gasteiger partial charge >= 0.3 is 0 Å². The Hall–Kier alpha value is -2.16. The summed E-state index contributed by atoms with van der Waals surface area (Å²) in [6.07, 6.45) is 7.34. The second-order valence-electron chi connectivity index (χ2n) is 7.90. The van der Waals surface area contributed by atoms with Crippen LogP contribution in [-0.2, 0) is 0 Å². The SMILES string of the molecule is C=C1C(C)=CC=C[C@@H]1CC(C)(C)[Si](O)(c1ccccc1)c1ccccc1. The largest absolute Gasteiger partial charge is 0.424 e. The second kappa shape index (κ2) is 7.22. The zero-order valence-electron chi connectivity index (χ0n) is 15.9. The van der Waals surface area contributed by atoms with E-state index in [9.17, 15) is 4.80 Å². The summed E-state index contributed by atoms with van der Waals surface area (Å²) in [5, 5.41) is 1.87. The van der Waals surface area contributed by atoms with Crippen LogP contribution in [0.4, 0.5) is 0 Å². The third-order valence-electron chi connectivity index (χ3n) is 5.74. The molecular weight excluding hydrogens is 332 g/mol. The standard InChI is InChI=1S/C24H28OSi/c1-19-12-11-13-21(20(19)2)18-24(3,4)26(25,22-14-7-5-8-15-22)23-16-9-6-10-17-23/h5-17,21,25H,2,18H2,1,3-4H3/t21-/m1/s1. The number of benzene rings is 2. The van der Waals surface area contributed by atoms with E-state index in [1.165, 1.54) is 5.57 Å². The van der Waals surface area contributed by atoms with Crippen LogP contribution in [0.2, 0.25) is 5.04 Å². The highest BCUT2D eigenvalue weighted by molar-refractivity contribution is 6.98. The molecule has 0 bridgehead atoms. The lowest BCUT2D eigenvalue weighted by Crippen LogP contribution is -2.65. The predicted octanol–water partition coefficient (Wildman–Crippen LogP) is 4.60. The second-order valence-corrected chi connectivity index (χ2v) is 11.8. The lowest BCUT2D eigenvalue weighted by molar-refractivity contribution is 0.441. The average Bonchev–Trinajstić information content (AvgIpc) is 2.66. The van der Waals surface area contributed by atoms with Crippen molar-refractivity contribution in [2.75, 3.05) is 0 Å². The fraction of sp³-hybridized carbons (Fsp3) is 0.250. The molecule has 0 saturated carbocycles. The summed E-state index contributed by atoms with van der Waals surface area (Å²) in [5.74, 6) is 0.265. The molecule has 0 heterocycles. The van der Waals surface area contributed by atoms with E-state index in [2.05, 4.69) is 69.8 Å². The summed E-state index contributed by atoms with van der Waals surface area (Å²) in [7, 11) is -2.96. The molecule has 2 heteroatoms. The summed E-state index contributed by atoms with van der Waals surface area (Å²) in [4.78, 5) is 12.2. The van der Waals surface area contributed by atoms with Gasteiger partial charge in [-0.25, -0.2) is 0 Å². The average molecular weight is 361 g/mol. The first-order chi connectivity index (χ1) is 12.4. The highest BCUT2D eigenvalue weighted by atomic mass is 28.4. The predicted molar refractivity (Wildman–Crippen MR) is 114 cm³/mol. The fourth-order valence-electron chi connectivity index (χ4n) is 4.05. The monoisotopic (exact) mass is 360 g/mol. The minimum atomic E-state index is -2.96. The molecule has 2 aromatic carbocycles. The Morgan fingerprint density at radius 3 is 1.96 bits per heavy atom. The van der Waals surface area contributed by atoms with E-state index in [-0.39, 0.29) is 11.0 Å². The van der Waals surface area contributed by atoms with Crippen LogP contribution in [0.15, 0.2) is 96.6 Å². The molecule has 1 atom stereocenters. The van der Waals surface area contributed by atoms with Gasteiger partial charge in [0.05, 0.1) is 0 Å². The van der Waals surface area contributed by atoms with E-state index in [0.29, 0.717) is 0 Å². The van der Waals surface area contributed by atoms with Crippen molar-refractivity contribution in [1.29, 1.82) is 0 Å². The minimum Gasteiger partial charge on any atom is -0.424 e. The number of hydrogen-bond donors (Lipinski definition) is 1. The van der Waals surface area contributed by atoms with Crippen LogP contribution >= 0.6 is 0 Å². The van der Waals surface area contributed by atoms with Gasteiger partial charge < -0.3 is 4.80 Å². The van der Waals surface area contributed by atoms with Crippen LogP contribution in [0.5, 0.6) is 0 Å². The van der Waals surface area contributed by atoms with Gasteiger partial charge in [0, 0.05) is 5.92 Å². The van der Waals surface area contributed by atoms with E-state index in [0.717, 1.165) is 22.4 Å². The summed E-state index contributed by atoms with van der Waals surface area (Å²) in [6.45, 7) is 10.9. The number of rotatable bonds is 5. The molecule has 0 fully saturated rings. The number of allylic oxidation sites excluding steroid dienone is 5. The maximum absolute atomic E-state index is 12.2. The van der Waals surface area contributed by atoms with Crippen molar-refractivity contribution >= 4 is 18.7 Å². The van der Waals surface area contributed by atoms with Crippen LogP contribution in [0.1, 0.15) is 27.2 Å². The molecule has 1 N–H and O–H groups in total. The van der Waals surface area contributed by atoms with Crippen molar-refractivity contribution in [3.63, 3.8) is 0 Å². The lowest BCUT2D eigenvalue weighted by Gasteiger charge is -2.43. The summed E-state index contributed by atoms with van der Waals surface area (Å²) in [5.41, 5.74) is 2.40. The molecule has 134 valence electrons. The molecule has 0 amide bonds. The Morgan fingerprint density at radius 1 is 0.962 bits per heavy atom. The van der Waals surface area contributed by atoms with Crippen LogP contribution in [0.3, 0.4) is 0 Å². The highest BCUT2D eigenvalue weighted by Gasteiger charge is 2.50. The van der Waals surface area contributed by atoms with Gasteiger partial charge in [0.15, 0.2) is 0 Å². The van der Waals surface area contributed by atoms with Gasteiger partial charge in [-0.05, 0) is 39.9 Å². The third-order valence-corrected chi connectivity index (χ3v) is 10.2. The zero-order valence-corrected chi connectivity index (χ0v) is 16.9. The first-order valence-corrected chi connectivity index (χ1v) is 11.2. The smallest absolute Gasteiger partial charge is 0.258 e. The lowest BCUT2D eigenvalue weighted by atomic mass is 9.84. The normalized spacial score (nSPS) is 17.9. The maximum atomic E-state index is 12.2. The molecule has 3 rings (SSSR count). The number of hydrogen-bond acceptors (Lipinski definition) is 1. The van der Waals surface area contributed by atoms with Crippen molar-refractivity contribution in [3.05, 3.63) is 96.6 Å². The molecule has 0 aromatic heterocycles. The molecule has 0 spiro atoms. The van der Waals surface area contributed by atoms with Crippen molar-refractivity contribution in [2.24, 2.45) is 5.92 Å². The zero-order chi connectivity index (χ0) is 18.8. The Bertz CT molecular complexity index is 792. The minimum absolute atomic E-state index is 0.259. The van der Waals surface area contributed by atoms with E-state index in [1.807, 2.05) is 36.4 Å². The highest BCUT2D eigenvalue weighted by Crippen LogP contribution is 2.44. The summed E-state index contributed by atoms with van der Waals surface area (Å²) < 4.78 is 0. The van der Waals surface area contributed by atoms with Gasteiger partial charge in [-0.2, -0.15) is 0 Å². The Balaban J connectivity index is 2.05. The van der Waals surface area contributed by atoms with Gasteiger partial charge in [-0.3, -0.25) is 0 Å². The van der Waals surface area contributed by atoms with Gasteiger partial charge in [-0.15, -0.1) is 0 Å². The Kier molecular flexibility index (Phi) is 5.17. The van der Waals surface area contributed by atoms with Gasteiger partial charge in [-0.1, -0.05) is 99.3 Å². The first-order valence-electron chi connectivity index (χ1n) is 9.24. The van der Waals surface area contributed by atoms with Crippen molar-refractivity contribution in [3.8, 4) is 0 Å². The van der Waals surface area contributed by atoms with Gasteiger partial charge in [0.1, 0.15) is 0 Å². The summed E-state index contributed by atoms with van der Waals surface area (Å²) in [6, 6.07) is 20.5. The fourth-order valence-corrected chi connectivity index (χ4v) is 7.81. The van der Waals surface area contributed by atoms with Crippen LogP contribution in [0, 0.1) is 5.92 Å². The summed E-state index contributed by atoms with van der Waals surface area (Å²) >= 11 is 0. The molecule has 0 radical (unpaired) electrons. The van der Waals surface area contributed by atoms with Gasteiger partial charge in [0.25, 0.3) is 8.32 Å². The maximum Gasteiger partial charge on any atom is 0.258 e. The topological polar surface area (TPSA) is 20.2 Å². The van der Waals surface area contributed by atoms with Crippen LogP contribution < -0.4 is 10.4 Å². The Labute approximate surface area is 158 Å². The molecule has 1 aliphatic rings. The molecule has 26 heavy (non-hydrogen) atoms. The molecular formula is C24H28OSi. The molecule has 1 nitrogen and oxygen atoms in total. The van der Waals surface area contributed by atoms with E-state index >= 15 is 0 Å². The van der Waals surface area contributed by atoms with E-state index in [1.54, 1.807) is 0 Å². The van der Waals surface area contributed by atoms with Gasteiger partial charge in [0.2, 0.25) is 0 Å². The van der Waals surface area contributed by atoms with Crippen molar-refractivity contribution in [2.45, 2.75) is 32.2 Å². The molecule has 0 saturated heterocycles. The first kappa shape index (κ1) is 18.6. The molecule has 2 aromatic rings. The van der Waals surface area contributed by atoms with Crippen molar-refractivity contribution in [1.82, 2.24) is 0 Å².